The molecular formula is C24H23ClFN3O4. The molecular weight excluding hydrogens is 449 g/mol. The van der Waals surface area contributed by atoms with Gasteiger partial charge in [-0.15, -0.1) is 0 Å². The van der Waals surface area contributed by atoms with E-state index in [1.54, 1.807) is 55.7 Å². The minimum atomic E-state index is -0.569. The van der Waals surface area contributed by atoms with Gasteiger partial charge in [-0.05, 0) is 41.5 Å². The van der Waals surface area contributed by atoms with Gasteiger partial charge < -0.3 is 20.2 Å². The minimum absolute atomic E-state index is 0.114. The fraction of sp³-hybridized carbons (Fsp3) is 0.208. The highest BCUT2D eigenvalue weighted by Crippen LogP contribution is 2.33. The second-order valence-corrected chi connectivity index (χ2v) is 7.87. The molecule has 0 fully saturated rings. The fourth-order valence-electron chi connectivity index (χ4n) is 3.50. The lowest BCUT2D eigenvalue weighted by molar-refractivity contribution is 0.0944. The van der Waals surface area contributed by atoms with E-state index in [2.05, 4.69) is 10.5 Å². The van der Waals surface area contributed by atoms with E-state index in [0.717, 1.165) is 0 Å². The van der Waals surface area contributed by atoms with Gasteiger partial charge in [0.05, 0.1) is 12.3 Å². The van der Waals surface area contributed by atoms with Crippen LogP contribution >= 0.6 is 11.6 Å². The normalized spacial score (nSPS) is 12.4. The highest BCUT2D eigenvalue weighted by atomic mass is 35.5. The summed E-state index contributed by atoms with van der Waals surface area (Å²) in [5.41, 5.74) is 1.96. The number of amides is 1. The smallest absolute Gasteiger partial charge is 0.251 e. The summed E-state index contributed by atoms with van der Waals surface area (Å²) in [6.07, 6.45) is 1.66. The number of aliphatic hydroxyl groups excluding tert-OH is 1. The van der Waals surface area contributed by atoms with Crippen molar-refractivity contribution in [3.8, 4) is 0 Å². The topological polar surface area (TPSA) is 104 Å². The van der Waals surface area contributed by atoms with Gasteiger partial charge in [0.1, 0.15) is 5.82 Å². The summed E-state index contributed by atoms with van der Waals surface area (Å²) in [5, 5.41) is 24.8. The van der Waals surface area contributed by atoms with Crippen LogP contribution in [0.1, 0.15) is 39.4 Å². The number of nitrogens with zero attached hydrogens (tertiary/aromatic N) is 2. The molecule has 3 rings (SSSR count). The number of hydrogen-bond acceptors (Lipinski definition) is 5. The number of carbonyl (C=O) groups is 1. The molecule has 1 heterocycles. The fourth-order valence-corrected chi connectivity index (χ4v) is 3.66. The molecule has 0 aliphatic carbocycles. The molecule has 172 valence electrons. The Labute approximate surface area is 194 Å². The number of hydrogen-bond donors (Lipinski definition) is 3. The molecule has 1 amide bonds. The van der Waals surface area contributed by atoms with Crippen LogP contribution in [0.2, 0.25) is 5.02 Å². The van der Waals surface area contributed by atoms with Crippen LogP contribution in [0.15, 0.2) is 70.7 Å². The molecule has 7 nitrogen and oxygen atoms in total. The van der Waals surface area contributed by atoms with Crippen molar-refractivity contribution in [2.75, 3.05) is 13.2 Å². The molecule has 0 radical (unpaired) electrons. The third kappa shape index (κ3) is 5.85. The number of aliphatic hydroxyl groups is 1. The van der Waals surface area contributed by atoms with Crippen LogP contribution in [0.4, 0.5) is 4.39 Å². The zero-order valence-corrected chi connectivity index (χ0v) is 18.6. The highest BCUT2D eigenvalue weighted by Gasteiger charge is 2.22. The summed E-state index contributed by atoms with van der Waals surface area (Å²) in [6.45, 7) is -0.0365. The number of halogens is 2. The monoisotopic (exact) mass is 471 g/mol. The third-order valence-corrected chi connectivity index (χ3v) is 5.48. The zero-order chi connectivity index (χ0) is 24.0. The molecule has 0 bridgehead atoms. The summed E-state index contributed by atoms with van der Waals surface area (Å²) < 4.78 is 16.2. The Balaban J connectivity index is 2.00. The molecule has 0 saturated carbocycles. The van der Waals surface area contributed by atoms with E-state index >= 15 is 0 Å². The van der Waals surface area contributed by atoms with Gasteiger partial charge in [0.2, 0.25) is 5.56 Å². The number of carbonyl (C=O) groups excluding carboxylic acids is 1. The molecule has 33 heavy (non-hydrogen) atoms. The first kappa shape index (κ1) is 24.2. The van der Waals surface area contributed by atoms with Gasteiger partial charge in [-0.1, -0.05) is 35.0 Å². The van der Waals surface area contributed by atoms with Crippen molar-refractivity contribution in [3.63, 3.8) is 0 Å². The van der Waals surface area contributed by atoms with E-state index in [4.69, 9.17) is 16.7 Å². The maximum Gasteiger partial charge on any atom is 0.251 e. The van der Waals surface area contributed by atoms with Crippen molar-refractivity contribution < 1.29 is 19.5 Å². The number of benzene rings is 2. The quantitative estimate of drug-likeness (QED) is 0.266. The van der Waals surface area contributed by atoms with Crippen LogP contribution in [0.25, 0.3) is 0 Å². The van der Waals surface area contributed by atoms with Crippen LogP contribution in [0, 0.1) is 5.82 Å². The van der Waals surface area contributed by atoms with E-state index in [1.165, 1.54) is 16.7 Å². The van der Waals surface area contributed by atoms with Crippen molar-refractivity contribution in [1.29, 1.82) is 0 Å². The molecule has 9 heteroatoms. The SMILES string of the molecule is Cn1cc(/C(CC(c2ccc(C(=O)NCCO)cc2)c2ccc(Cl)cc2F)=N/O)ccc1=O. The predicted molar refractivity (Wildman–Crippen MR) is 124 cm³/mol. The van der Waals surface area contributed by atoms with Crippen LogP contribution in [-0.4, -0.2) is 39.7 Å². The van der Waals surface area contributed by atoms with E-state index in [0.29, 0.717) is 22.3 Å². The van der Waals surface area contributed by atoms with Crippen molar-refractivity contribution >= 4 is 23.2 Å². The van der Waals surface area contributed by atoms with Gasteiger partial charge in [0.15, 0.2) is 0 Å². The van der Waals surface area contributed by atoms with Gasteiger partial charge in [0, 0.05) is 54.3 Å². The minimum Gasteiger partial charge on any atom is -0.411 e. The Kier molecular flexibility index (Phi) is 7.97. The number of aryl methyl sites for hydroxylation is 1. The Hall–Kier alpha value is -3.49. The van der Waals surface area contributed by atoms with Crippen molar-refractivity contribution in [3.05, 3.63) is 104 Å². The van der Waals surface area contributed by atoms with Gasteiger partial charge in [-0.2, -0.15) is 0 Å². The molecule has 2 aromatic carbocycles. The first-order chi connectivity index (χ1) is 15.8. The van der Waals surface area contributed by atoms with Crippen molar-refractivity contribution in [2.45, 2.75) is 12.3 Å². The van der Waals surface area contributed by atoms with E-state index in [-0.39, 0.29) is 41.8 Å². The summed E-state index contributed by atoms with van der Waals surface area (Å²) in [5.74, 6) is -1.43. The molecule has 0 saturated heterocycles. The molecule has 1 aromatic heterocycles. The summed E-state index contributed by atoms with van der Waals surface area (Å²) in [7, 11) is 1.58. The lowest BCUT2D eigenvalue weighted by Crippen LogP contribution is -2.26. The lowest BCUT2D eigenvalue weighted by atomic mass is 9.85. The predicted octanol–water partition coefficient (Wildman–Crippen LogP) is 3.30. The van der Waals surface area contributed by atoms with Crippen LogP contribution in [0.3, 0.4) is 0 Å². The average molecular weight is 472 g/mol. The number of oxime groups is 1. The van der Waals surface area contributed by atoms with Crippen molar-refractivity contribution in [1.82, 2.24) is 9.88 Å². The first-order valence-electron chi connectivity index (χ1n) is 10.2. The molecule has 1 atom stereocenters. The molecule has 0 aliphatic rings. The summed E-state index contributed by atoms with van der Waals surface area (Å²) in [4.78, 5) is 23.9. The highest BCUT2D eigenvalue weighted by molar-refractivity contribution is 6.30. The Morgan fingerprint density at radius 3 is 2.45 bits per heavy atom. The Morgan fingerprint density at radius 1 is 1.15 bits per heavy atom. The molecule has 0 spiro atoms. The Morgan fingerprint density at radius 2 is 1.85 bits per heavy atom. The molecule has 1 unspecified atom stereocenters. The second-order valence-electron chi connectivity index (χ2n) is 7.44. The number of aromatic nitrogens is 1. The molecule has 3 N–H and O–H groups in total. The lowest BCUT2D eigenvalue weighted by Gasteiger charge is -2.20. The largest absolute Gasteiger partial charge is 0.411 e. The number of rotatable bonds is 8. The van der Waals surface area contributed by atoms with Gasteiger partial charge in [-0.3, -0.25) is 9.59 Å². The van der Waals surface area contributed by atoms with Crippen LogP contribution in [-0.2, 0) is 7.05 Å². The first-order valence-corrected chi connectivity index (χ1v) is 10.5. The number of pyridine rings is 1. The van der Waals surface area contributed by atoms with Crippen LogP contribution in [0.5, 0.6) is 0 Å². The zero-order valence-electron chi connectivity index (χ0n) is 17.8. The summed E-state index contributed by atoms with van der Waals surface area (Å²) >= 11 is 5.93. The van der Waals surface area contributed by atoms with Gasteiger partial charge >= 0.3 is 0 Å². The van der Waals surface area contributed by atoms with E-state index in [1.807, 2.05) is 0 Å². The van der Waals surface area contributed by atoms with Gasteiger partial charge in [-0.25, -0.2) is 4.39 Å². The molecule has 0 aliphatic heterocycles. The Bertz CT molecular complexity index is 1230. The standard InChI is InChI=1S/C24H23ClFN3O4/c1-29-14-17(6-9-23(29)31)22(28-33)13-20(19-8-7-18(25)12-21(19)26)15-2-4-16(5-3-15)24(32)27-10-11-30/h2-9,12,14,20,30,33H,10-11,13H2,1H3,(H,27,32)/b28-22+. The van der Waals surface area contributed by atoms with Gasteiger partial charge in [0.25, 0.3) is 5.91 Å². The van der Waals surface area contributed by atoms with E-state index < -0.39 is 11.7 Å². The maximum absolute atomic E-state index is 14.9. The number of nitrogens with one attached hydrogen (secondary N) is 1. The van der Waals surface area contributed by atoms with E-state index in [9.17, 15) is 19.2 Å². The third-order valence-electron chi connectivity index (χ3n) is 5.25. The van der Waals surface area contributed by atoms with Crippen LogP contribution < -0.4 is 10.9 Å². The average Bonchev–Trinajstić information content (AvgIpc) is 2.81. The summed E-state index contributed by atoms with van der Waals surface area (Å²) in [6, 6.07) is 13.9. The second kappa shape index (κ2) is 10.9. The van der Waals surface area contributed by atoms with Crippen molar-refractivity contribution in [2.24, 2.45) is 12.2 Å². The maximum atomic E-state index is 14.9. The molecule has 3 aromatic rings.